The molecule has 1 aliphatic rings. The lowest BCUT2D eigenvalue weighted by atomic mass is 9.74. The zero-order valence-electron chi connectivity index (χ0n) is 17.6. The average molecular weight is 416 g/mol. The van der Waals surface area contributed by atoms with Crippen LogP contribution in [0, 0.1) is 5.82 Å². The lowest BCUT2D eigenvalue weighted by Crippen LogP contribution is -2.38. The predicted molar refractivity (Wildman–Crippen MR) is 117 cm³/mol. The second-order valence-electron chi connectivity index (χ2n) is 7.25. The SMILES string of the molecule is CCOc1ccc(OCC)c(NC(N)=NCC2(c3ccc(F)cc3)CCOCC2)c1. The molecule has 0 saturated carbocycles. The summed E-state index contributed by atoms with van der Waals surface area (Å²) in [5.74, 6) is 1.45. The third-order valence-electron chi connectivity index (χ3n) is 5.28. The van der Waals surface area contributed by atoms with Gasteiger partial charge in [0, 0.05) is 24.7 Å². The second kappa shape index (κ2) is 10.3. The maximum absolute atomic E-state index is 13.4. The van der Waals surface area contributed by atoms with E-state index in [4.69, 9.17) is 19.9 Å². The Labute approximate surface area is 177 Å². The van der Waals surface area contributed by atoms with Crippen LogP contribution in [0.5, 0.6) is 11.5 Å². The first-order valence-corrected chi connectivity index (χ1v) is 10.4. The van der Waals surface area contributed by atoms with Crippen molar-refractivity contribution in [3.8, 4) is 11.5 Å². The number of hydrogen-bond acceptors (Lipinski definition) is 4. The fourth-order valence-corrected chi connectivity index (χ4v) is 3.66. The van der Waals surface area contributed by atoms with E-state index >= 15 is 0 Å². The molecule has 1 fully saturated rings. The number of nitrogens with one attached hydrogen (secondary N) is 1. The Morgan fingerprint density at radius 1 is 1.10 bits per heavy atom. The molecule has 1 saturated heterocycles. The second-order valence-corrected chi connectivity index (χ2v) is 7.25. The van der Waals surface area contributed by atoms with Gasteiger partial charge in [-0.3, -0.25) is 4.99 Å². The van der Waals surface area contributed by atoms with Gasteiger partial charge in [-0.2, -0.15) is 0 Å². The largest absolute Gasteiger partial charge is 0.494 e. The normalized spacial score (nSPS) is 16.2. The van der Waals surface area contributed by atoms with Crippen LogP contribution in [-0.4, -0.2) is 38.9 Å². The number of nitrogens with two attached hydrogens (primary N) is 1. The number of benzene rings is 2. The van der Waals surface area contributed by atoms with Crippen LogP contribution in [0.15, 0.2) is 47.5 Å². The van der Waals surface area contributed by atoms with Gasteiger partial charge in [0.15, 0.2) is 5.96 Å². The van der Waals surface area contributed by atoms with Gasteiger partial charge in [0.1, 0.15) is 17.3 Å². The fraction of sp³-hybridized carbons (Fsp3) is 0.435. The third kappa shape index (κ3) is 5.42. The van der Waals surface area contributed by atoms with E-state index in [1.807, 2.05) is 44.2 Å². The van der Waals surface area contributed by atoms with Gasteiger partial charge >= 0.3 is 0 Å². The van der Waals surface area contributed by atoms with E-state index in [2.05, 4.69) is 10.3 Å². The highest BCUT2D eigenvalue weighted by molar-refractivity contribution is 5.94. The standard InChI is InChI=1S/C23H30FN3O3/c1-3-29-19-9-10-21(30-4-2)20(15-19)27-22(25)26-16-23(11-13-28-14-12-23)17-5-7-18(24)8-6-17/h5-10,15H,3-4,11-14,16H2,1-2H3,(H3,25,26,27). The van der Waals surface area contributed by atoms with E-state index in [9.17, 15) is 4.39 Å². The summed E-state index contributed by atoms with van der Waals surface area (Å²) in [6, 6.07) is 12.2. The van der Waals surface area contributed by atoms with E-state index in [1.54, 1.807) is 0 Å². The van der Waals surface area contributed by atoms with E-state index in [0.717, 1.165) is 24.2 Å². The molecule has 2 aromatic rings. The quantitative estimate of drug-likeness (QED) is 0.501. The highest BCUT2D eigenvalue weighted by atomic mass is 19.1. The minimum Gasteiger partial charge on any atom is -0.494 e. The van der Waals surface area contributed by atoms with Crippen molar-refractivity contribution in [3.63, 3.8) is 0 Å². The molecule has 1 heterocycles. The van der Waals surface area contributed by atoms with Crippen molar-refractivity contribution in [1.82, 2.24) is 0 Å². The van der Waals surface area contributed by atoms with Gasteiger partial charge in [-0.1, -0.05) is 12.1 Å². The molecule has 0 radical (unpaired) electrons. The van der Waals surface area contributed by atoms with Crippen LogP contribution >= 0.6 is 0 Å². The number of rotatable bonds is 8. The van der Waals surface area contributed by atoms with E-state index in [0.29, 0.717) is 44.4 Å². The molecule has 6 nitrogen and oxygen atoms in total. The van der Waals surface area contributed by atoms with Crippen molar-refractivity contribution in [3.05, 3.63) is 53.8 Å². The number of hydrogen-bond donors (Lipinski definition) is 2. The maximum Gasteiger partial charge on any atom is 0.193 e. The van der Waals surface area contributed by atoms with Gasteiger partial charge < -0.3 is 25.3 Å². The molecule has 0 atom stereocenters. The molecule has 7 heteroatoms. The molecule has 0 unspecified atom stereocenters. The first-order chi connectivity index (χ1) is 14.6. The monoisotopic (exact) mass is 415 g/mol. The van der Waals surface area contributed by atoms with Crippen LogP contribution in [0.25, 0.3) is 0 Å². The smallest absolute Gasteiger partial charge is 0.193 e. The van der Waals surface area contributed by atoms with Gasteiger partial charge in [0.25, 0.3) is 0 Å². The first kappa shape index (κ1) is 21.9. The molecule has 0 aliphatic carbocycles. The molecule has 2 aromatic carbocycles. The summed E-state index contributed by atoms with van der Waals surface area (Å²) in [6.07, 6.45) is 1.61. The van der Waals surface area contributed by atoms with Crippen LogP contribution in [0.4, 0.5) is 10.1 Å². The summed E-state index contributed by atoms with van der Waals surface area (Å²) in [4.78, 5) is 4.63. The molecular weight excluding hydrogens is 385 g/mol. The summed E-state index contributed by atoms with van der Waals surface area (Å²) < 4.78 is 30.2. The van der Waals surface area contributed by atoms with E-state index < -0.39 is 0 Å². The van der Waals surface area contributed by atoms with Crippen LogP contribution in [0.1, 0.15) is 32.3 Å². The van der Waals surface area contributed by atoms with Gasteiger partial charge in [-0.25, -0.2) is 4.39 Å². The van der Waals surface area contributed by atoms with Crippen molar-refractivity contribution in [2.45, 2.75) is 32.1 Å². The third-order valence-corrected chi connectivity index (χ3v) is 5.28. The van der Waals surface area contributed by atoms with Gasteiger partial charge in [0.2, 0.25) is 0 Å². The zero-order valence-corrected chi connectivity index (χ0v) is 17.6. The van der Waals surface area contributed by atoms with Gasteiger partial charge in [0.05, 0.1) is 25.4 Å². The Hall–Kier alpha value is -2.80. The molecule has 0 aromatic heterocycles. The van der Waals surface area contributed by atoms with Crippen LogP contribution in [0.2, 0.25) is 0 Å². The Balaban J connectivity index is 1.80. The molecular formula is C23H30FN3O3. The van der Waals surface area contributed by atoms with Gasteiger partial charge in [-0.05, 0) is 56.5 Å². The Morgan fingerprint density at radius 3 is 2.47 bits per heavy atom. The Bertz CT molecular complexity index is 849. The molecule has 1 aliphatic heterocycles. The fourth-order valence-electron chi connectivity index (χ4n) is 3.66. The molecule has 0 spiro atoms. The Kier molecular flexibility index (Phi) is 7.52. The number of guanidine groups is 1. The zero-order chi connectivity index (χ0) is 21.4. The topological polar surface area (TPSA) is 78.1 Å². The lowest BCUT2D eigenvalue weighted by molar-refractivity contribution is 0.0531. The number of ether oxygens (including phenoxy) is 3. The molecule has 0 amide bonds. The molecule has 3 N–H and O–H groups in total. The number of anilines is 1. The van der Waals surface area contributed by atoms with Crippen molar-refractivity contribution >= 4 is 11.6 Å². The van der Waals surface area contributed by atoms with Gasteiger partial charge in [-0.15, -0.1) is 0 Å². The molecule has 0 bridgehead atoms. The molecule has 162 valence electrons. The summed E-state index contributed by atoms with van der Waals surface area (Å²) in [6.45, 7) is 6.73. The summed E-state index contributed by atoms with van der Waals surface area (Å²) in [5, 5.41) is 3.14. The predicted octanol–water partition coefficient (Wildman–Crippen LogP) is 4.10. The number of halogens is 1. The van der Waals surface area contributed by atoms with Crippen molar-refractivity contribution < 1.29 is 18.6 Å². The minimum absolute atomic E-state index is 0.228. The van der Waals surface area contributed by atoms with Crippen molar-refractivity contribution in [1.29, 1.82) is 0 Å². The highest BCUT2D eigenvalue weighted by Crippen LogP contribution is 2.35. The van der Waals surface area contributed by atoms with Crippen molar-refractivity contribution in [2.75, 3.05) is 38.3 Å². The summed E-state index contributed by atoms with van der Waals surface area (Å²) in [7, 11) is 0. The lowest BCUT2D eigenvalue weighted by Gasteiger charge is -2.36. The number of aliphatic imine (C=N–C) groups is 1. The first-order valence-electron chi connectivity index (χ1n) is 10.4. The number of nitrogens with zero attached hydrogens (tertiary/aromatic N) is 1. The van der Waals surface area contributed by atoms with E-state index in [-0.39, 0.29) is 17.2 Å². The molecule has 30 heavy (non-hydrogen) atoms. The van der Waals surface area contributed by atoms with E-state index in [1.165, 1.54) is 12.1 Å². The van der Waals surface area contributed by atoms with Crippen molar-refractivity contribution in [2.24, 2.45) is 10.7 Å². The van der Waals surface area contributed by atoms with Crippen LogP contribution in [0.3, 0.4) is 0 Å². The average Bonchev–Trinajstić information content (AvgIpc) is 2.75. The van der Waals surface area contributed by atoms with Crippen LogP contribution < -0.4 is 20.5 Å². The molecule has 3 rings (SSSR count). The summed E-state index contributed by atoms with van der Waals surface area (Å²) >= 11 is 0. The highest BCUT2D eigenvalue weighted by Gasteiger charge is 2.34. The summed E-state index contributed by atoms with van der Waals surface area (Å²) in [5.41, 5.74) is 7.75. The van der Waals surface area contributed by atoms with Crippen LogP contribution in [-0.2, 0) is 10.2 Å². The maximum atomic E-state index is 13.4. The minimum atomic E-state index is -0.247. The Morgan fingerprint density at radius 2 is 1.80 bits per heavy atom.